The summed E-state index contributed by atoms with van der Waals surface area (Å²) in [5, 5.41) is 34.5. The van der Waals surface area contributed by atoms with Gasteiger partial charge in [0, 0.05) is 39.4 Å². The normalized spacial score (nSPS) is 13.8. The minimum absolute atomic E-state index is 0. The number of carbonyl (C=O) groups is 8. The Morgan fingerprint density at radius 2 is 0.942 bits per heavy atom. The van der Waals surface area contributed by atoms with E-state index in [1.807, 2.05) is 0 Å². The minimum atomic E-state index is -1.11. The maximum absolute atomic E-state index is 12.6. The summed E-state index contributed by atoms with van der Waals surface area (Å²) in [4.78, 5) is 110. The van der Waals surface area contributed by atoms with E-state index in [0.29, 0.717) is 97.7 Å². The summed E-state index contributed by atoms with van der Waals surface area (Å²) in [6.45, 7) is 1.21. The number of hydrogen-bond donors (Lipinski definition) is 7. The highest BCUT2D eigenvalue weighted by atomic mass is 35.5. The number of primary amides is 1. The van der Waals surface area contributed by atoms with Gasteiger partial charge in [0.1, 0.15) is 32.8 Å². The molecule has 6 aromatic rings. The predicted molar refractivity (Wildman–Crippen MR) is 323 cm³/mol. The number of nitrogen functional groups attached to an aromatic ring is 1. The zero-order valence-corrected chi connectivity index (χ0v) is 48.3. The number of methoxy groups -OCH3 is 3. The van der Waals surface area contributed by atoms with E-state index in [4.69, 9.17) is 65.6 Å². The number of nitrogens with zero attached hydrogens (tertiary/aromatic N) is 6. The summed E-state index contributed by atoms with van der Waals surface area (Å²) >= 11 is 17.6. The Kier molecular flexibility index (Phi) is 22.8. The summed E-state index contributed by atoms with van der Waals surface area (Å²) < 4.78 is 15.4. The molecule has 2 fully saturated rings. The molecule has 11 rings (SSSR count). The van der Waals surface area contributed by atoms with Gasteiger partial charge >= 0.3 is 17.9 Å². The number of nitrogens with one attached hydrogen (secondary N) is 2. The minimum Gasteiger partial charge on any atom is -0.494 e. The fourth-order valence-electron chi connectivity index (χ4n) is 8.93. The largest absolute Gasteiger partial charge is 0.494 e. The molecule has 0 unspecified atom stereocenters. The lowest BCUT2D eigenvalue weighted by Gasteiger charge is -2.16. The van der Waals surface area contributed by atoms with Crippen molar-refractivity contribution in [1.82, 2.24) is 29.7 Å². The van der Waals surface area contributed by atoms with Gasteiger partial charge in [-0.25, -0.2) is 24.4 Å². The second-order valence-corrected chi connectivity index (χ2v) is 20.7. The molecule has 0 spiro atoms. The van der Waals surface area contributed by atoms with Crippen LogP contribution in [-0.4, -0.2) is 135 Å². The molecule has 24 nitrogen and oxygen atoms in total. The van der Waals surface area contributed by atoms with Crippen LogP contribution in [0.1, 0.15) is 125 Å². The Hall–Kier alpha value is -9.26. The van der Waals surface area contributed by atoms with Crippen molar-refractivity contribution >= 4 is 111 Å². The Labute approximate surface area is 510 Å². The van der Waals surface area contributed by atoms with Crippen molar-refractivity contribution in [3.8, 4) is 17.2 Å². The Bertz CT molecular complexity index is 3640. The first kappa shape index (κ1) is 67.5. The van der Waals surface area contributed by atoms with Crippen molar-refractivity contribution in [3.05, 3.63) is 144 Å². The van der Waals surface area contributed by atoms with Gasteiger partial charge in [-0.2, -0.15) is 0 Å². The van der Waals surface area contributed by atoms with E-state index in [1.54, 1.807) is 73.4 Å². The summed E-state index contributed by atoms with van der Waals surface area (Å²) in [6.07, 6.45) is 4.12. The number of pyridine rings is 3. The summed E-state index contributed by atoms with van der Waals surface area (Å²) in [7, 11) is 9.23. The number of hydrogen-bond acceptors (Lipinski definition) is 17. The van der Waals surface area contributed by atoms with Crippen molar-refractivity contribution in [2.75, 3.05) is 58.8 Å². The molecule has 86 heavy (non-hydrogen) atoms. The molecular weight excluding hydrogens is 1180 g/mol. The molecule has 3 aromatic carbocycles. The fourth-order valence-corrected chi connectivity index (χ4v) is 9.70. The number of carbonyl (C=O) groups excluding carboxylic acids is 5. The van der Waals surface area contributed by atoms with Crippen LogP contribution < -0.4 is 36.3 Å². The first-order chi connectivity index (χ1) is 39.9. The first-order valence-corrected chi connectivity index (χ1v) is 26.7. The number of amides is 4. The van der Waals surface area contributed by atoms with E-state index in [-0.39, 0.29) is 102 Å². The zero-order valence-electron chi connectivity index (χ0n) is 46.0. The maximum atomic E-state index is 12.6. The molecule has 27 heteroatoms. The molecular formula is C59H65Cl3N10O14. The highest BCUT2D eigenvalue weighted by molar-refractivity contribution is 6.36. The molecule has 2 saturated carbocycles. The lowest BCUT2D eigenvalue weighted by Crippen LogP contribution is -2.18. The van der Waals surface area contributed by atoms with Crippen LogP contribution in [0, 0.1) is 11.8 Å². The van der Waals surface area contributed by atoms with Gasteiger partial charge in [-0.1, -0.05) is 67.9 Å². The van der Waals surface area contributed by atoms with Crippen LogP contribution >= 0.6 is 34.8 Å². The highest BCUT2D eigenvalue weighted by Crippen LogP contribution is 2.39. The predicted octanol–water partition coefficient (Wildman–Crippen LogP) is 9.51. The van der Waals surface area contributed by atoms with Crippen LogP contribution in [0.3, 0.4) is 0 Å². The SMILES string of the molecule is C.C.CN1Cc2nc(Cl)cc(Cl)c2C1=O.COc1c(N)cccc1C(=O)O.COc1c(Nc2cc(CC(=O)C3CC3)nc3c2C(=O)N(C)C3)cccc1C(=O)O.COc1c(Nc2cc(Cl)nc3c2C(=O)N(C)C3)cccc1C(=O)O.NC(=O)C1CC1. The molecule has 2 aliphatic carbocycles. The van der Waals surface area contributed by atoms with Crippen LogP contribution in [0.15, 0.2) is 72.8 Å². The molecule has 4 amide bonds. The summed E-state index contributed by atoms with van der Waals surface area (Å²) in [5.41, 5.74) is 16.3. The number of Topliss-reactive ketones (excluding diaryl/α,β-unsaturated/α-hetero) is 1. The van der Waals surface area contributed by atoms with Gasteiger partial charge in [-0.05, 0) is 80.3 Å². The number of benzene rings is 3. The van der Waals surface area contributed by atoms with E-state index >= 15 is 0 Å². The summed E-state index contributed by atoms with van der Waals surface area (Å²) in [6, 6.07) is 18.7. The molecule has 0 saturated heterocycles. The Morgan fingerprint density at radius 3 is 1.34 bits per heavy atom. The van der Waals surface area contributed by atoms with Gasteiger partial charge in [0.25, 0.3) is 17.7 Å². The number of halogens is 3. The monoisotopic (exact) mass is 1240 g/mol. The van der Waals surface area contributed by atoms with Gasteiger partial charge in [-0.3, -0.25) is 29.0 Å². The molecule has 6 heterocycles. The average molecular weight is 1240 g/mol. The lowest BCUT2D eigenvalue weighted by atomic mass is 10.1. The molecule has 3 aliphatic heterocycles. The standard InChI is InChI=1S/C21H21N3O5.C16H14ClN3O4.C8H6Cl2N2O.C8H9NO3.C4H7NO.2CH4/c1-24-10-16-18(20(24)26)15(8-12(22-16)9-17(25)11-6-7-11)23-14-5-3-4-13(21(27)28)19(14)29-2;1-20-7-11-13(15(20)21)10(6-12(17)19-11)18-9-5-3-4-8(16(22)23)14(9)24-2;1-12-3-5-7(8(12)13)4(9)2-6(10)11-5;1-12-7-5(8(10)11)3-2-4-6(7)9;5-4(6)3-1-2-3;;/h3-5,8,11H,6-7,9-10H2,1-2H3,(H,22,23)(H,27,28);3-6H,7H2,1-2H3,(H,18,19)(H,22,23);2H,3H2,1H3;2-4H,9H2,1H3,(H,10,11);3H,1-2H2,(H2,5,6);2*1H4. The number of rotatable bonds is 14. The molecule has 3 aromatic heterocycles. The number of ketones is 1. The number of carboxylic acid groups (broad SMARTS) is 3. The molecule has 0 radical (unpaired) electrons. The van der Waals surface area contributed by atoms with Gasteiger partial charge in [0.2, 0.25) is 5.91 Å². The average Bonchev–Trinajstić information content (AvgIpc) is 2.05. The molecule has 9 N–H and O–H groups in total. The number of aromatic carboxylic acids is 3. The summed E-state index contributed by atoms with van der Waals surface area (Å²) in [5.74, 6) is -2.77. The van der Waals surface area contributed by atoms with Gasteiger partial charge in [-0.15, -0.1) is 0 Å². The topological polar surface area (TPSA) is 349 Å². The van der Waals surface area contributed by atoms with E-state index in [9.17, 15) is 48.6 Å². The number of carboxylic acids is 3. The van der Waals surface area contributed by atoms with Crippen LogP contribution in [0.4, 0.5) is 28.4 Å². The smallest absolute Gasteiger partial charge is 0.339 e. The van der Waals surface area contributed by atoms with Crippen molar-refractivity contribution in [1.29, 1.82) is 0 Å². The molecule has 0 atom stereocenters. The van der Waals surface area contributed by atoms with Gasteiger partial charge in [0.15, 0.2) is 17.2 Å². The van der Waals surface area contributed by atoms with Crippen molar-refractivity contribution in [2.45, 2.75) is 66.6 Å². The maximum Gasteiger partial charge on any atom is 0.339 e. The third-order valence-corrected chi connectivity index (χ3v) is 14.0. The highest BCUT2D eigenvalue weighted by Gasteiger charge is 2.35. The third-order valence-electron chi connectivity index (χ3n) is 13.4. The van der Waals surface area contributed by atoms with Crippen molar-refractivity contribution in [2.24, 2.45) is 17.6 Å². The number of anilines is 5. The van der Waals surface area contributed by atoms with E-state index < -0.39 is 17.9 Å². The second-order valence-electron chi connectivity index (χ2n) is 19.5. The number of fused-ring (bicyclic) bond motifs is 3. The van der Waals surface area contributed by atoms with Crippen LogP contribution in [0.5, 0.6) is 17.2 Å². The zero-order chi connectivity index (χ0) is 61.4. The van der Waals surface area contributed by atoms with E-state index in [1.165, 1.54) is 56.6 Å². The van der Waals surface area contributed by atoms with Gasteiger partial charge < -0.3 is 66.3 Å². The van der Waals surface area contributed by atoms with E-state index in [2.05, 4.69) is 25.6 Å². The van der Waals surface area contributed by atoms with Crippen LogP contribution in [-0.2, 0) is 35.6 Å². The number of aromatic nitrogens is 3. The molecule has 456 valence electrons. The van der Waals surface area contributed by atoms with Crippen molar-refractivity contribution < 1.29 is 67.9 Å². The van der Waals surface area contributed by atoms with Crippen LogP contribution in [0.2, 0.25) is 15.3 Å². The Morgan fingerprint density at radius 1 is 0.558 bits per heavy atom. The molecule has 5 aliphatic rings. The quantitative estimate of drug-likeness (QED) is 0.0394. The fraction of sp³-hybridized carbons (Fsp3) is 0.305. The second kappa shape index (κ2) is 29.0. The van der Waals surface area contributed by atoms with E-state index in [0.717, 1.165) is 25.7 Å². The van der Waals surface area contributed by atoms with Gasteiger partial charge in [0.05, 0.1) is 114 Å². The number of ether oxygens (including phenoxy) is 3. The molecule has 0 bridgehead atoms. The van der Waals surface area contributed by atoms with Crippen LogP contribution in [0.25, 0.3) is 0 Å². The Balaban J connectivity index is 0.000000211. The lowest BCUT2D eigenvalue weighted by molar-refractivity contribution is -0.120. The van der Waals surface area contributed by atoms with Crippen molar-refractivity contribution in [3.63, 3.8) is 0 Å². The third kappa shape index (κ3) is 15.7. The first-order valence-electron chi connectivity index (χ1n) is 25.5. The number of nitrogens with two attached hydrogens (primary N) is 2. The number of para-hydroxylation sites is 3.